The molecule has 0 fully saturated rings. The smallest absolute Gasteiger partial charge is 0.240 e. The molecule has 3 amide bonds. The average Bonchev–Trinajstić information content (AvgIpc) is 2.69. The Morgan fingerprint density at radius 2 is 1.59 bits per heavy atom. The first-order valence-corrected chi connectivity index (χ1v) is 10.9. The first-order chi connectivity index (χ1) is 15.0. The molecule has 1 heterocycles. The van der Waals surface area contributed by atoms with Gasteiger partial charge in [-0.15, -0.1) is 0 Å². The van der Waals surface area contributed by atoms with E-state index in [1.807, 2.05) is 65.8 Å². The maximum Gasteiger partial charge on any atom is 0.240 e. The summed E-state index contributed by atoms with van der Waals surface area (Å²) in [5.74, 6) is -0.368. The molecule has 7 nitrogen and oxygen atoms in total. The minimum Gasteiger partial charge on any atom is -0.350 e. The molecule has 2 rings (SSSR count). The van der Waals surface area contributed by atoms with Crippen LogP contribution in [-0.2, 0) is 14.4 Å². The van der Waals surface area contributed by atoms with Crippen LogP contribution in [0.1, 0.15) is 56.7 Å². The number of aromatic nitrogens is 1. The first kappa shape index (κ1) is 25.0. The highest BCUT2D eigenvalue weighted by Crippen LogP contribution is 2.20. The SMILES string of the molecule is CCC(C)(C)NC(=O)CN(C(=O)CCC(=O)Nc1cc(C)ccn1)c1cc(C)cc(C)c1. The zero-order valence-electron chi connectivity index (χ0n) is 19.9. The normalized spacial score (nSPS) is 11.1. The second-order valence-electron chi connectivity index (χ2n) is 8.88. The first-order valence-electron chi connectivity index (χ1n) is 10.9. The maximum atomic E-state index is 13.1. The number of anilines is 2. The lowest BCUT2D eigenvalue weighted by Crippen LogP contribution is -2.48. The molecule has 0 saturated carbocycles. The zero-order valence-corrected chi connectivity index (χ0v) is 19.9. The minimum atomic E-state index is -0.366. The van der Waals surface area contributed by atoms with Gasteiger partial charge in [0.2, 0.25) is 17.7 Å². The van der Waals surface area contributed by atoms with E-state index in [-0.39, 0.29) is 42.6 Å². The van der Waals surface area contributed by atoms with Gasteiger partial charge in [0.05, 0.1) is 0 Å². The topological polar surface area (TPSA) is 91.4 Å². The van der Waals surface area contributed by atoms with Crippen LogP contribution < -0.4 is 15.5 Å². The van der Waals surface area contributed by atoms with Crippen molar-refractivity contribution in [3.63, 3.8) is 0 Å². The van der Waals surface area contributed by atoms with E-state index in [1.54, 1.807) is 12.3 Å². The number of amides is 3. The summed E-state index contributed by atoms with van der Waals surface area (Å²) in [5.41, 5.74) is 3.26. The largest absolute Gasteiger partial charge is 0.350 e. The van der Waals surface area contributed by atoms with Crippen molar-refractivity contribution in [3.8, 4) is 0 Å². The quantitative estimate of drug-likeness (QED) is 0.618. The number of hydrogen-bond donors (Lipinski definition) is 2. The number of hydrogen-bond acceptors (Lipinski definition) is 4. The van der Waals surface area contributed by atoms with E-state index in [9.17, 15) is 14.4 Å². The standard InChI is InChI=1S/C25H34N4O3/c1-7-25(5,6)28-23(31)16-29(20-13-18(3)12-19(4)14-20)24(32)9-8-22(30)27-21-15-17(2)10-11-26-21/h10-15H,7-9,16H2,1-6H3,(H,28,31)(H,26,27,30). The Balaban J connectivity index is 2.12. The van der Waals surface area contributed by atoms with Gasteiger partial charge in [-0.05, 0) is 82.0 Å². The number of carbonyl (C=O) groups is 3. The second kappa shape index (κ2) is 10.9. The third-order valence-electron chi connectivity index (χ3n) is 5.23. The van der Waals surface area contributed by atoms with Gasteiger partial charge in [-0.3, -0.25) is 14.4 Å². The average molecular weight is 439 g/mol. The number of nitrogens with one attached hydrogen (secondary N) is 2. The Morgan fingerprint density at radius 3 is 2.19 bits per heavy atom. The summed E-state index contributed by atoms with van der Waals surface area (Å²) in [6.07, 6.45) is 2.37. The predicted octanol–water partition coefficient (Wildman–Crippen LogP) is 4.06. The van der Waals surface area contributed by atoms with E-state index < -0.39 is 0 Å². The van der Waals surface area contributed by atoms with Crippen molar-refractivity contribution in [2.24, 2.45) is 0 Å². The van der Waals surface area contributed by atoms with Crippen molar-refractivity contribution in [1.29, 1.82) is 0 Å². The van der Waals surface area contributed by atoms with E-state index in [1.165, 1.54) is 4.90 Å². The molecular formula is C25H34N4O3. The van der Waals surface area contributed by atoms with Crippen LogP contribution in [0.2, 0.25) is 0 Å². The lowest BCUT2D eigenvalue weighted by Gasteiger charge is -2.28. The molecule has 0 aliphatic carbocycles. The number of pyridine rings is 1. The van der Waals surface area contributed by atoms with Gasteiger partial charge < -0.3 is 15.5 Å². The van der Waals surface area contributed by atoms with Gasteiger partial charge in [-0.25, -0.2) is 4.98 Å². The molecule has 1 aromatic heterocycles. The van der Waals surface area contributed by atoms with E-state index >= 15 is 0 Å². The molecule has 7 heteroatoms. The molecule has 0 aliphatic rings. The van der Waals surface area contributed by atoms with Crippen molar-refractivity contribution < 1.29 is 14.4 Å². The van der Waals surface area contributed by atoms with Gasteiger partial charge in [0.25, 0.3) is 0 Å². The summed E-state index contributed by atoms with van der Waals surface area (Å²) in [6, 6.07) is 9.36. The molecule has 0 bridgehead atoms. The van der Waals surface area contributed by atoms with Crippen LogP contribution in [0.3, 0.4) is 0 Å². The fraction of sp³-hybridized carbons (Fsp3) is 0.440. The Bertz CT molecular complexity index is 965. The van der Waals surface area contributed by atoms with Gasteiger partial charge in [0.15, 0.2) is 0 Å². The summed E-state index contributed by atoms with van der Waals surface area (Å²) in [5, 5.41) is 5.69. The summed E-state index contributed by atoms with van der Waals surface area (Å²) in [4.78, 5) is 43.7. The van der Waals surface area contributed by atoms with Crippen LogP contribution in [0.4, 0.5) is 11.5 Å². The lowest BCUT2D eigenvalue weighted by atomic mass is 10.0. The van der Waals surface area contributed by atoms with E-state index in [0.717, 1.165) is 23.1 Å². The zero-order chi connectivity index (χ0) is 23.9. The molecule has 0 spiro atoms. The maximum absolute atomic E-state index is 13.1. The van der Waals surface area contributed by atoms with Gasteiger partial charge in [-0.1, -0.05) is 13.0 Å². The van der Waals surface area contributed by atoms with Gasteiger partial charge in [-0.2, -0.15) is 0 Å². The number of benzene rings is 1. The highest BCUT2D eigenvalue weighted by atomic mass is 16.2. The Kier molecular flexibility index (Phi) is 8.52. The van der Waals surface area contributed by atoms with E-state index in [4.69, 9.17) is 0 Å². The lowest BCUT2D eigenvalue weighted by molar-refractivity contribution is -0.125. The molecule has 172 valence electrons. The van der Waals surface area contributed by atoms with Gasteiger partial charge in [0, 0.05) is 30.3 Å². The molecule has 0 aliphatic heterocycles. The number of carbonyl (C=O) groups excluding carboxylic acids is 3. The molecule has 2 N–H and O–H groups in total. The van der Waals surface area contributed by atoms with Crippen LogP contribution in [0.15, 0.2) is 36.5 Å². The van der Waals surface area contributed by atoms with Crippen LogP contribution in [-0.4, -0.2) is 34.8 Å². The highest BCUT2D eigenvalue weighted by Gasteiger charge is 2.24. The van der Waals surface area contributed by atoms with Crippen molar-refractivity contribution in [2.45, 2.75) is 66.3 Å². The molecule has 0 unspecified atom stereocenters. The van der Waals surface area contributed by atoms with E-state index in [0.29, 0.717) is 11.5 Å². The fourth-order valence-electron chi connectivity index (χ4n) is 3.24. The third-order valence-corrected chi connectivity index (χ3v) is 5.23. The van der Waals surface area contributed by atoms with E-state index in [2.05, 4.69) is 15.6 Å². The van der Waals surface area contributed by atoms with Crippen LogP contribution >= 0.6 is 0 Å². The second-order valence-corrected chi connectivity index (χ2v) is 8.88. The summed E-state index contributed by atoms with van der Waals surface area (Å²) in [7, 11) is 0. The predicted molar refractivity (Wildman–Crippen MR) is 128 cm³/mol. The van der Waals surface area contributed by atoms with Crippen molar-refractivity contribution in [1.82, 2.24) is 10.3 Å². The van der Waals surface area contributed by atoms with Crippen LogP contribution in [0, 0.1) is 20.8 Å². The van der Waals surface area contributed by atoms with Gasteiger partial charge in [0.1, 0.15) is 12.4 Å². The molecule has 2 aromatic rings. The number of rotatable bonds is 9. The van der Waals surface area contributed by atoms with Crippen molar-refractivity contribution in [3.05, 3.63) is 53.2 Å². The summed E-state index contributed by atoms with van der Waals surface area (Å²) < 4.78 is 0. The van der Waals surface area contributed by atoms with Crippen molar-refractivity contribution >= 4 is 29.2 Å². The number of nitrogens with zero attached hydrogens (tertiary/aromatic N) is 2. The van der Waals surface area contributed by atoms with Crippen LogP contribution in [0.25, 0.3) is 0 Å². The Morgan fingerprint density at radius 1 is 0.938 bits per heavy atom. The number of aryl methyl sites for hydroxylation is 3. The van der Waals surface area contributed by atoms with Gasteiger partial charge >= 0.3 is 0 Å². The highest BCUT2D eigenvalue weighted by molar-refractivity contribution is 6.01. The molecule has 1 aromatic carbocycles. The molecule has 0 atom stereocenters. The third kappa shape index (κ3) is 7.80. The minimum absolute atomic E-state index is 0.00216. The summed E-state index contributed by atoms with van der Waals surface area (Å²) >= 11 is 0. The van der Waals surface area contributed by atoms with Crippen molar-refractivity contribution in [2.75, 3.05) is 16.8 Å². The molecule has 32 heavy (non-hydrogen) atoms. The monoisotopic (exact) mass is 438 g/mol. The molecule has 0 radical (unpaired) electrons. The Hall–Kier alpha value is -3.22. The summed E-state index contributed by atoms with van der Waals surface area (Å²) in [6.45, 7) is 11.6. The molecule has 0 saturated heterocycles. The Labute approximate surface area is 190 Å². The fourth-order valence-corrected chi connectivity index (χ4v) is 3.24. The van der Waals surface area contributed by atoms with Crippen LogP contribution in [0.5, 0.6) is 0 Å². The molecular weight excluding hydrogens is 404 g/mol.